The molecule has 0 bridgehead atoms. The SMILES string of the molecule is Cc1cc(CNCC(C)C)cc(Oc2ccccc2F)n1. The van der Waals surface area contributed by atoms with Crippen LogP contribution in [0.15, 0.2) is 36.4 Å². The molecule has 1 aromatic carbocycles. The lowest BCUT2D eigenvalue weighted by Crippen LogP contribution is -2.19. The van der Waals surface area contributed by atoms with Crippen LogP contribution in [0.1, 0.15) is 25.1 Å². The molecule has 0 atom stereocenters. The van der Waals surface area contributed by atoms with Crippen molar-refractivity contribution < 1.29 is 9.13 Å². The Morgan fingerprint density at radius 2 is 2.00 bits per heavy atom. The predicted molar refractivity (Wildman–Crippen MR) is 82.0 cm³/mol. The van der Waals surface area contributed by atoms with E-state index >= 15 is 0 Å². The van der Waals surface area contributed by atoms with Gasteiger partial charge in [0.05, 0.1) is 0 Å². The predicted octanol–water partition coefficient (Wildman–Crippen LogP) is 4.07. The average molecular weight is 288 g/mol. The van der Waals surface area contributed by atoms with Crippen LogP contribution >= 0.6 is 0 Å². The molecule has 0 aliphatic carbocycles. The van der Waals surface area contributed by atoms with Crippen LogP contribution in [0.4, 0.5) is 4.39 Å². The number of halogens is 1. The molecule has 0 amide bonds. The highest BCUT2D eigenvalue weighted by Gasteiger charge is 2.06. The Bertz CT molecular complexity index is 599. The van der Waals surface area contributed by atoms with Gasteiger partial charge in [0, 0.05) is 18.3 Å². The zero-order chi connectivity index (χ0) is 15.2. The number of ether oxygens (including phenoxy) is 1. The number of rotatable bonds is 6. The highest BCUT2D eigenvalue weighted by atomic mass is 19.1. The third-order valence-corrected chi connectivity index (χ3v) is 2.92. The first kappa shape index (κ1) is 15.4. The molecule has 1 aromatic heterocycles. The first-order valence-corrected chi connectivity index (χ1v) is 7.15. The molecule has 0 saturated heterocycles. The molecule has 21 heavy (non-hydrogen) atoms. The summed E-state index contributed by atoms with van der Waals surface area (Å²) in [4.78, 5) is 4.30. The maximum atomic E-state index is 13.6. The van der Waals surface area contributed by atoms with Crippen molar-refractivity contribution >= 4 is 0 Å². The lowest BCUT2D eigenvalue weighted by atomic mass is 10.2. The monoisotopic (exact) mass is 288 g/mol. The van der Waals surface area contributed by atoms with E-state index < -0.39 is 0 Å². The zero-order valence-corrected chi connectivity index (χ0v) is 12.7. The summed E-state index contributed by atoms with van der Waals surface area (Å²) < 4.78 is 19.1. The van der Waals surface area contributed by atoms with Gasteiger partial charge in [-0.05, 0) is 43.1 Å². The van der Waals surface area contributed by atoms with E-state index in [0.717, 1.165) is 24.3 Å². The van der Waals surface area contributed by atoms with Gasteiger partial charge in [0.1, 0.15) is 0 Å². The van der Waals surface area contributed by atoms with Gasteiger partial charge < -0.3 is 10.1 Å². The van der Waals surface area contributed by atoms with Gasteiger partial charge in [0.2, 0.25) is 5.88 Å². The minimum atomic E-state index is -0.389. The Hall–Kier alpha value is -1.94. The molecule has 1 heterocycles. The van der Waals surface area contributed by atoms with Gasteiger partial charge in [-0.2, -0.15) is 0 Å². The first-order valence-electron chi connectivity index (χ1n) is 7.15. The van der Waals surface area contributed by atoms with E-state index in [9.17, 15) is 4.39 Å². The smallest absolute Gasteiger partial charge is 0.219 e. The summed E-state index contributed by atoms with van der Waals surface area (Å²) in [6.07, 6.45) is 0. The second-order valence-corrected chi connectivity index (χ2v) is 5.51. The Kier molecular flexibility index (Phi) is 5.28. The summed E-state index contributed by atoms with van der Waals surface area (Å²) >= 11 is 0. The molecule has 2 aromatic rings. The molecule has 4 heteroatoms. The molecule has 2 rings (SSSR count). The molecular weight excluding hydrogens is 267 g/mol. The molecule has 3 nitrogen and oxygen atoms in total. The number of benzene rings is 1. The van der Waals surface area contributed by atoms with E-state index in [1.165, 1.54) is 6.07 Å². The van der Waals surface area contributed by atoms with Crippen molar-refractivity contribution in [1.29, 1.82) is 0 Å². The minimum Gasteiger partial charge on any atom is -0.436 e. The molecule has 0 aliphatic heterocycles. The Morgan fingerprint density at radius 1 is 1.24 bits per heavy atom. The average Bonchev–Trinajstić information content (AvgIpc) is 2.40. The summed E-state index contributed by atoms with van der Waals surface area (Å²) in [7, 11) is 0. The summed E-state index contributed by atoms with van der Waals surface area (Å²) in [5.74, 6) is 0.820. The molecule has 0 fully saturated rings. The summed E-state index contributed by atoms with van der Waals surface area (Å²) in [5, 5.41) is 3.37. The molecule has 0 spiro atoms. The van der Waals surface area contributed by atoms with Crippen molar-refractivity contribution in [3.63, 3.8) is 0 Å². The van der Waals surface area contributed by atoms with Gasteiger partial charge in [-0.3, -0.25) is 0 Å². The lowest BCUT2D eigenvalue weighted by Gasteiger charge is -2.11. The first-order chi connectivity index (χ1) is 10.0. The van der Waals surface area contributed by atoms with Crippen LogP contribution in [-0.4, -0.2) is 11.5 Å². The fourth-order valence-electron chi connectivity index (χ4n) is 2.01. The maximum Gasteiger partial charge on any atom is 0.219 e. The summed E-state index contributed by atoms with van der Waals surface area (Å²) in [6, 6.07) is 10.2. The van der Waals surface area contributed by atoms with E-state index in [1.807, 2.05) is 19.1 Å². The van der Waals surface area contributed by atoms with Gasteiger partial charge in [0.25, 0.3) is 0 Å². The highest BCUT2D eigenvalue weighted by molar-refractivity contribution is 5.31. The van der Waals surface area contributed by atoms with Crippen molar-refractivity contribution in [1.82, 2.24) is 10.3 Å². The van der Waals surface area contributed by atoms with Crippen molar-refractivity contribution in [3.05, 3.63) is 53.5 Å². The molecule has 0 saturated carbocycles. The van der Waals surface area contributed by atoms with Crippen LogP contribution in [0.25, 0.3) is 0 Å². The van der Waals surface area contributed by atoms with E-state index in [1.54, 1.807) is 18.2 Å². The van der Waals surface area contributed by atoms with Crippen LogP contribution in [-0.2, 0) is 6.54 Å². The summed E-state index contributed by atoms with van der Waals surface area (Å²) in [6.45, 7) is 7.93. The third kappa shape index (κ3) is 4.83. The van der Waals surface area contributed by atoms with Crippen LogP contribution in [0.3, 0.4) is 0 Å². The molecule has 1 N–H and O–H groups in total. The second kappa shape index (κ2) is 7.18. The number of nitrogens with one attached hydrogen (secondary N) is 1. The quantitative estimate of drug-likeness (QED) is 0.870. The number of aryl methyl sites for hydroxylation is 1. The Labute approximate surface area is 125 Å². The van der Waals surface area contributed by atoms with Gasteiger partial charge >= 0.3 is 0 Å². The van der Waals surface area contributed by atoms with Crippen LogP contribution < -0.4 is 10.1 Å². The van der Waals surface area contributed by atoms with E-state index in [4.69, 9.17) is 4.74 Å². The molecule has 0 unspecified atom stereocenters. The number of pyridine rings is 1. The van der Waals surface area contributed by atoms with E-state index in [-0.39, 0.29) is 11.6 Å². The molecule has 0 aliphatic rings. The van der Waals surface area contributed by atoms with Gasteiger partial charge in [0.15, 0.2) is 11.6 Å². The van der Waals surface area contributed by atoms with Crippen molar-refractivity contribution in [2.75, 3.05) is 6.54 Å². The maximum absolute atomic E-state index is 13.6. The Balaban J connectivity index is 2.10. The van der Waals surface area contributed by atoms with E-state index in [0.29, 0.717) is 11.8 Å². The number of para-hydroxylation sites is 1. The Morgan fingerprint density at radius 3 is 2.71 bits per heavy atom. The van der Waals surface area contributed by atoms with Crippen LogP contribution in [0.5, 0.6) is 11.6 Å². The van der Waals surface area contributed by atoms with Crippen LogP contribution in [0.2, 0.25) is 0 Å². The highest BCUT2D eigenvalue weighted by Crippen LogP contribution is 2.23. The fourth-order valence-corrected chi connectivity index (χ4v) is 2.01. The normalized spacial score (nSPS) is 10.9. The second-order valence-electron chi connectivity index (χ2n) is 5.51. The number of hydrogen-bond acceptors (Lipinski definition) is 3. The standard InChI is InChI=1S/C17H21FN2O/c1-12(2)10-19-11-14-8-13(3)20-17(9-14)21-16-7-5-4-6-15(16)18/h4-9,12,19H,10-11H2,1-3H3. The number of hydrogen-bond donors (Lipinski definition) is 1. The number of nitrogens with zero attached hydrogens (tertiary/aromatic N) is 1. The molecule has 0 radical (unpaired) electrons. The largest absolute Gasteiger partial charge is 0.436 e. The van der Waals surface area contributed by atoms with Gasteiger partial charge in [-0.15, -0.1) is 0 Å². The fraction of sp³-hybridized carbons (Fsp3) is 0.353. The van der Waals surface area contributed by atoms with Crippen molar-refractivity contribution in [2.24, 2.45) is 5.92 Å². The number of aromatic nitrogens is 1. The van der Waals surface area contributed by atoms with E-state index in [2.05, 4.69) is 24.1 Å². The topological polar surface area (TPSA) is 34.1 Å². The van der Waals surface area contributed by atoms with Crippen molar-refractivity contribution in [3.8, 4) is 11.6 Å². The summed E-state index contributed by atoms with van der Waals surface area (Å²) in [5.41, 5.74) is 1.93. The van der Waals surface area contributed by atoms with Crippen LogP contribution in [0, 0.1) is 18.7 Å². The van der Waals surface area contributed by atoms with Gasteiger partial charge in [-0.1, -0.05) is 26.0 Å². The molecule has 112 valence electrons. The zero-order valence-electron chi connectivity index (χ0n) is 12.7. The van der Waals surface area contributed by atoms with Gasteiger partial charge in [-0.25, -0.2) is 9.37 Å². The molecular formula is C17H21FN2O. The lowest BCUT2D eigenvalue weighted by molar-refractivity contribution is 0.425. The third-order valence-electron chi connectivity index (χ3n) is 2.92. The minimum absolute atomic E-state index is 0.191. The van der Waals surface area contributed by atoms with Crippen molar-refractivity contribution in [2.45, 2.75) is 27.3 Å².